The first-order chi connectivity index (χ1) is 8.20. The average Bonchev–Trinajstić information content (AvgIpc) is 2.69. The Morgan fingerprint density at radius 1 is 1.65 bits per heavy atom. The summed E-state index contributed by atoms with van der Waals surface area (Å²) in [4.78, 5) is 15.1. The van der Waals surface area contributed by atoms with E-state index in [4.69, 9.17) is 11.6 Å². The van der Waals surface area contributed by atoms with Crippen LogP contribution in [0.3, 0.4) is 0 Å². The van der Waals surface area contributed by atoms with E-state index in [9.17, 15) is 4.79 Å². The fourth-order valence-electron chi connectivity index (χ4n) is 1.22. The van der Waals surface area contributed by atoms with Gasteiger partial charge in [0, 0.05) is 12.1 Å². The predicted octanol–water partition coefficient (Wildman–Crippen LogP) is 1.30. The number of carbonyl (C=O) groups is 1. The molecule has 0 aliphatic rings. The predicted molar refractivity (Wildman–Crippen MR) is 61.5 cm³/mol. The van der Waals surface area contributed by atoms with Gasteiger partial charge in [0.15, 0.2) is 5.65 Å². The second-order valence-electron chi connectivity index (χ2n) is 3.05. The van der Waals surface area contributed by atoms with Gasteiger partial charge in [0.25, 0.3) is 0 Å². The van der Waals surface area contributed by atoms with Crippen LogP contribution < -0.4 is 0 Å². The number of esters is 1. The monoisotopic (exact) mass is 249 g/mol. The van der Waals surface area contributed by atoms with Crippen LogP contribution in [-0.2, 0) is 9.53 Å². The second kappa shape index (κ2) is 4.85. The maximum atomic E-state index is 11.1. The van der Waals surface area contributed by atoms with E-state index in [0.717, 1.165) is 0 Å². The molecule has 0 spiro atoms. The highest BCUT2D eigenvalue weighted by atomic mass is 35.5. The van der Waals surface area contributed by atoms with Gasteiger partial charge in [-0.3, -0.25) is 0 Å². The number of hydrogen-bond donors (Lipinski definition) is 0. The van der Waals surface area contributed by atoms with E-state index in [1.165, 1.54) is 10.7 Å². The second-order valence-corrected chi connectivity index (χ2v) is 3.43. The fourth-order valence-corrected chi connectivity index (χ4v) is 1.36. The highest BCUT2D eigenvalue weighted by molar-refractivity contribution is 6.29. The maximum Gasteiger partial charge on any atom is 0.384 e. The molecule has 5 nitrogen and oxygen atoms in total. The number of fused-ring (bicyclic) bond motifs is 1. The van der Waals surface area contributed by atoms with Crippen LogP contribution in [0.4, 0.5) is 0 Å². The molecule has 0 unspecified atom stereocenters. The van der Waals surface area contributed by atoms with Crippen LogP contribution >= 0.6 is 11.6 Å². The number of hydrogen-bond acceptors (Lipinski definition) is 4. The molecule has 0 aliphatic heterocycles. The first-order valence-electron chi connectivity index (χ1n) is 4.89. The lowest BCUT2D eigenvalue weighted by molar-refractivity contribution is -0.136. The normalized spacial score (nSPS) is 9.76. The Morgan fingerprint density at radius 2 is 2.47 bits per heavy atom. The lowest BCUT2D eigenvalue weighted by Crippen LogP contribution is -1.99. The molecule has 0 N–H and O–H groups in total. The van der Waals surface area contributed by atoms with Crippen molar-refractivity contribution in [1.29, 1.82) is 0 Å². The van der Waals surface area contributed by atoms with Crippen molar-refractivity contribution < 1.29 is 9.53 Å². The Morgan fingerprint density at radius 3 is 3.24 bits per heavy atom. The smallest absolute Gasteiger partial charge is 0.384 e. The minimum atomic E-state index is -0.575. The average molecular weight is 250 g/mol. The molecule has 0 atom stereocenters. The van der Waals surface area contributed by atoms with Crippen LogP contribution in [0.25, 0.3) is 5.65 Å². The van der Waals surface area contributed by atoms with Gasteiger partial charge in [-0.15, -0.1) is 0 Å². The third kappa shape index (κ3) is 2.55. The molecule has 2 rings (SSSR count). The van der Waals surface area contributed by atoms with Crippen molar-refractivity contribution in [2.24, 2.45) is 0 Å². The minimum absolute atomic E-state index is 0.298. The fraction of sp³-hybridized carbons (Fsp3) is 0.182. The Bertz CT molecular complexity index is 624. The van der Waals surface area contributed by atoms with E-state index in [2.05, 4.69) is 26.7 Å². The summed E-state index contributed by atoms with van der Waals surface area (Å²) in [5.74, 6) is 4.43. The Labute approximate surface area is 102 Å². The highest BCUT2D eigenvalue weighted by Crippen LogP contribution is 2.10. The number of aromatic nitrogens is 3. The maximum absolute atomic E-state index is 11.1. The van der Waals surface area contributed by atoms with E-state index in [1.807, 2.05) is 0 Å². The molecule has 0 aliphatic carbocycles. The molecule has 2 heterocycles. The van der Waals surface area contributed by atoms with E-state index >= 15 is 0 Å². The summed E-state index contributed by atoms with van der Waals surface area (Å²) in [6, 6.07) is 1.62. The third-order valence-electron chi connectivity index (χ3n) is 1.91. The van der Waals surface area contributed by atoms with E-state index in [1.54, 1.807) is 19.2 Å². The highest BCUT2D eigenvalue weighted by Gasteiger charge is 2.03. The molecule has 0 bridgehead atoms. The SMILES string of the molecule is CCOC(=O)C#Cc1cnn2ccc(Cl)nc12. The molecule has 0 amide bonds. The van der Waals surface area contributed by atoms with Crippen molar-refractivity contribution in [2.45, 2.75) is 6.92 Å². The van der Waals surface area contributed by atoms with Crippen molar-refractivity contribution in [3.63, 3.8) is 0 Å². The van der Waals surface area contributed by atoms with E-state index < -0.39 is 5.97 Å². The van der Waals surface area contributed by atoms with E-state index in [0.29, 0.717) is 23.0 Å². The van der Waals surface area contributed by atoms with Crippen molar-refractivity contribution in [2.75, 3.05) is 6.61 Å². The summed E-state index contributed by atoms with van der Waals surface area (Å²) >= 11 is 5.77. The summed E-state index contributed by atoms with van der Waals surface area (Å²) in [5.41, 5.74) is 1.04. The summed E-state index contributed by atoms with van der Waals surface area (Å²) in [6.07, 6.45) is 3.19. The zero-order valence-corrected chi connectivity index (χ0v) is 9.73. The van der Waals surface area contributed by atoms with Crippen LogP contribution in [0.2, 0.25) is 5.15 Å². The number of carbonyl (C=O) groups excluding carboxylic acids is 1. The number of halogens is 1. The van der Waals surface area contributed by atoms with Crippen molar-refractivity contribution in [1.82, 2.24) is 14.6 Å². The molecule has 0 saturated heterocycles. The standard InChI is InChI=1S/C11H8ClN3O2/c1-2-17-10(16)4-3-8-7-13-15-6-5-9(12)14-11(8)15/h5-7H,2H2,1H3. The summed E-state index contributed by atoms with van der Waals surface area (Å²) < 4.78 is 6.22. The van der Waals surface area contributed by atoms with Gasteiger partial charge in [0.2, 0.25) is 0 Å². The topological polar surface area (TPSA) is 56.5 Å². The van der Waals surface area contributed by atoms with Crippen LogP contribution in [0.1, 0.15) is 12.5 Å². The first kappa shape index (κ1) is 11.4. The van der Waals surface area contributed by atoms with E-state index in [-0.39, 0.29) is 0 Å². The lowest BCUT2D eigenvalue weighted by Gasteiger charge is -1.93. The summed E-state index contributed by atoms with van der Waals surface area (Å²) in [6.45, 7) is 2.02. The van der Waals surface area contributed by atoms with Crippen molar-refractivity contribution in [3.8, 4) is 11.8 Å². The quantitative estimate of drug-likeness (QED) is 0.434. The van der Waals surface area contributed by atoms with Gasteiger partial charge in [0.1, 0.15) is 5.15 Å². The van der Waals surface area contributed by atoms with Gasteiger partial charge in [-0.05, 0) is 18.9 Å². The van der Waals surface area contributed by atoms with Crippen molar-refractivity contribution in [3.05, 3.63) is 29.2 Å². The van der Waals surface area contributed by atoms with Crippen LogP contribution in [0.5, 0.6) is 0 Å². The van der Waals surface area contributed by atoms with Crippen LogP contribution in [0.15, 0.2) is 18.5 Å². The number of nitrogens with zero attached hydrogens (tertiary/aromatic N) is 3. The van der Waals surface area contributed by atoms with Gasteiger partial charge < -0.3 is 4.74 Å². The number of ether oxygens (including phenoxy) is 1. The molecule has 0 saturated carbocycles. The Hall–Kier alpha value is -2.06. The molecular formula is C11H8ClN3O2. The lowest BCUT2D eigenvalue weighted by atomic mass is 10.3. The minimum Gasteiger partial charge on any atom is -0.456 e. The molecule has 2 aromatic rings. The number of rotatable bonds is 1. The van der Waals surface area contributed by atoms with Crippen molar-refractivity contribution >= 4 is 23.2 Å². The zero-order valence-electron chi connectivity index (χ0n) is 8.98. The Balaban J connectivity index is 2.36. The molecule has 2 aromatic heterocycles. The van der Waals surface area contributed by atoms with Gasteiger partial charge in [-0.2, -0.15) is 5.10 Å². The van der Waals surface area contributed by atoms with Gasteiger partial charge in [0.05, 0.1) is 18.4 Å². The molecule has 0 fully saturated rings. The van der Waals surface area contributed by atoms with Crippen LogP contribution in [0, 0.1) is 11.8 Å². The largest absolute Gasteiger partial charge is 0.456 e. The molecule has 86 valence electrons. The van der Waals surface area contributed by atoms with Gasteiger partial charge >= 0.3 is 5.97 Å². The van der Waals surface area contributed by atoms with Gasteiger partial charge in [-0.25, -0.2) is 14.3 Å². The van der Waals surface area contributed by atoms with Crippen LogP contribution in [-0.4, -0.2) is 27.2 Å². The zero-order chi connectivity index (χ0) is 12.3. The molecular weight excluding hydrogens is 242 g/mol. The third-order valence-corrected chi connectivity index (χ3v) is 2.12. The first-order valence-corrected chi connectivity index (χ1v) is 5.27. The molecule has 6 heteroatoms. The summed E-state index contributed by atoms with van der Waals surface area (Å²) in [5, 5.41) is 4.37. The van der Waals surface area contributed by atoms with Gasteiger partial charge in [-0.1, -0.05) is 11.6 Å². The molecule has 0 radical (unpaired) electrons. The molecule has 17 heavy (non-hydrogen) atoms. The summed E-state index contributed by atoms with van der Waals surface area (Å²) in [7, 11) is 0. The molecule has 0 aromatic carbocycles. The Kier molecular flexibility index (Phi) is 3.26.